The molecule has 5 heteroatoms. The SMILES string of the molecule is Cc1ccc(OCC(C)(C)C(=O)O)c(CNCC(C)C)n1. The molecule has 1 aromatic heterocycles. The zero-order valence-corrected chi connectivity index (χ0v) is 13.6. The lowest BCUT2D eigenvalue weighted by atomic mass is 9.95. The summed E-state index contributed by atoms with van der Waals surface area (Å²) in [6.07, 6.45) is 0. The maximum Gasteiger partial charge on any atom is 0.312 e. The summed E-state index contributed by atoms with van der Waals surface area (Å²) < 4.78 is 5.69. The Morgan fingerprint density at radius 1 is 1.43 bits per heavy atom. The molecule has 0 amide bonds. The maximum atomic E-state index is 11.1. The fourth-order valence-corrected chi connectivity index (χ4v) is 1.65. The number of pyridine rings is 1. The van der Waals surface area contributed by atoms with Gasteiger partial charge in [0.15, 0.2) is 0 Å². The number of nitrogens with one attached hydrogen (secondary N) is 1. The van der Waals surface area contributed by atoms with E-state index >= 15 is 0 Å². The van der Waals surface area contributed by atoms with Crippen LogP contribution in [0.25, 0.3) is 0 Å². The van der Waals surface area contributed by atoms with Crippen molar-refractivity contribution in [2.75, 3.05) is 13.2 Å². The van der Waals surface area contributed by atoms with Crippen molar-refractivity contribution < 1.29 is 14.6 Å². The van der Waals surface area contributed by atoms with Crippen molar-refractivity contribution in [2.45, 2.75) is 41.2 Å². The fraction of sp³-hybridized carbons (Fsp3) is 0.625. The minimum atomic E-state index is -0.923. The molecule has 21 heavy (non-hydrogen) atoms. The molecule has 1 rings (SSSR count). The van der Waals surface area contributed by atoms with Gasteiger partial charge in [-0.2, -0.15) is 0 Å². The van der Waals surface area contributed by atoms with E-state index in [-0.39, 0.29) is 6.61 Å². The van der Waals surface area contributed by atoms with Gasteiger partial charge in [-0.3, -0.25) is 9.78 Å². The monoisotopic (exact) mass is 294 g/mol. The van der Waals surface area contributed by atoms with E-state index in [9.17, 15) is 4.79 Å². The average Bonchev–Trinajstić information content (AvgIpc) is 2.37. The van der Waals surface area contributed by atoms with E-state index in [4.69, 9.17) is 9.84 Å². The predicted octanol–water partition coefficient (Wildman–Crippen LogP) is 2.63. The zero-order valence-electron chi connectivity index (χ0n) is 13.6. The van der Waals surface area contributed by atoms with E-state index < -0.39 is 11.4 Å². The molecule has 1 aromatic rings. The standard InChI is InChI=1S/C16H26N2O3/c1-11(2)8-17-9-13-14(7-6-12(3)18-13)21-10-16(4,5)15(19)20/h6-7,11,17H,8-10H2,1-5H3,(H,19,20). The van der Waals surface area contributed by atoms with E-state index in [1.54, 1.807) is 13.8 Å². The van der Waals surface area contributed by atoms with Gasteiger partial charge in [-0.05, 0) is 45.4 Å². The van der Waals surface area contributed by atoms with E-state index in [2.05, 4.69) is 24.1 Å². The molecule has 0 saturated heterocycles. The molecule has 0 aliphatic heterocycles. The number of aliphatic carboxylic acids is 1. The van der Waals surface area contributed by atoms with E-state index in [0.717, 1.165) is 17.9 Å². The van der Waals surface area contributed by atoms with E-state index in [0.29, 0.717) is 18.2 Å². The van der Waals surface area contributed by atoms with Gasteiger partial charge in [0.25, 0.3) is 0 Å². The van der Waals surface area contributed by atoms with Crippen LogP contribution in [0.4, 0.5) is 0 Å². The van der Waals surface area contributed by atoms with Crippen molar-refractivity contribution >= 4 is 5.97 Å². The maximum absolute atomic E-state index is 11.1. The van der Waals surface area contributed by atoms with Gasteiger partial charge in [-0.25, -0.2) is 0 Å². The highest BCUT2D eigenvalue weighted by Crippen LogP contribution is 2.22. The highest BCUT2D eigenvalue weighted by Gasteiger charge is 2.28. The Bertz CT molecular complexity index is 484. The Kier molecular flexibility index (Phi) is 6.15. The van der Waals surface area contributed by atoms with Crippen molar-refractivity contribution in [3.05, 3.63) is 23.5 Å². The van der Waals surface area contributed by atoms with Gasteiger partial charge in [0, 0.05) is 12.2 Å². The molecule has 0 atom stereocenters. The third-order valence-electron chi connectivity index (χ3n) is 3.08. The number of hydrogen-bond donors (Lipinski definition) is 2. The van der Waals surface area contributed by atoms with Gasteiger partial charge in [-0.15, -0.1) is 0 Å². The molecule has 0 fully saturated rings. The molecule has 1 heterocycles. The van der Waals surface area contributed by atoms with Crippen LogP contribution in [0.3, 0.4) is 0 Å². The third-order valence-corrected chi connectivity index (χ3v) is 3.08. The molecule has 118 valence electrons. The summed E-state index contributed by atoms with van der Waals surface area (Å²) in [6.45, 7) is 11.1. The van der Waals surface area contributed by atoms with Gasteiger partial charge in [0.05, 0.1) is 11.1 Å². The van der Waals surface area contributed by atoms with Gasteiger partial charge >= 0.3 is 5.97 Å². The van der Waals surface area contributed by atoms with Gasteiger partial charge < -0.3 is 15.2 Å². The zero-order chi connectivity index (χ0) is 16.0. The lowest BCUT2D eigenvalue weighted by Crippen LogP contribution is -2.31. The number of carbonyl (C=O) groups is 1. The van der Waals surface area contributed by atoms with Gasteiger partial charge in [-0.1, -0.05) is 13.8 Å². The number of aryl methyl sites for hydroxylation is 1. The topological polar surface area (TPSA) is 71.5 Å². The molecule has 0 bridgehead atoms. The summed E-state index contributed by atoms with van der Waals surface area (Å²) in [4.78, 5) is 15.6. The van der Waals surface area contributed by atoms with Crippen LogP contribution in [0.5, 0.6) is 5.75 Å². The lowest BCUT2D eigenvalue weighted by Gasteiger charge is -2.21. The van der Waals surface area contributed by atoms with Gasteiger partial charge in [0.2, 0.25) is 0 Å². The third kappa shape index (κ3) is 5.71. The van der Waals surface area contributed by atoms with E-state index in [1.165, 1.54) is 0 Å². The first kappa shape index (κ1) is 17.4. The van der Waals surface area contributed by atoms with Crippen LogP contribution in [-0.4, -0.2) is 29.2 Å². The van der Waals surface area contributed by atoms with Crippen molar-refractivity contribution in [3.8, 4) is 5.75 Å². The quantitative estimate of drug-likeness (QED) is 0.771. The molecular formula is C16H26N2O3. The van der Waals surface area contributed by atoms with Crippen molar-refractivity contribution in [1.82, 2.24) is 10.3 Å². The molecule has 0 aliphatic rings. The Hall–Kier alpha value is -1.62. The van der Waals surface area contributed by atoms with Crippen LogP contribution in [0.2, 0.25) is 0 Å². The molecule has 0 unspecified atom stereocenters. The molecule has 0 aromatic carbocycles. The number of hydrogen-bond acceptors (Lipinski definition) is 4. The summed E-state index contributed by atoms with van der Waals surface area (Å²) in [5.41, 5.74) is 0.811. The molecule has 0 saturated carbocycles. The van der Waals surface area contributed by atoms with Crippen LogP contribution in [0, 0.1) is 18.3 Å². The second-order valence-corrected chi connectivity index (χ2v) is 6.40. The minimum Gasteiger partial charge on any atom is -0.490 e. The van der Waals surface area contributed by atoms with Crippen LogP contribution in [0.15, 0.2) is 12.1 Å². The number of carboxylic acid groups (broad SMARTS) is 1. The predicted molar refractivity (Wildman–Crippen MR) is 82.4 cm³/mol. The molecule has 2 N–H and O–H groups in total. The summed E-state index contributed by atoms with van der Waals surface area (Å²) in [5, 5.41) is 12.5. The normalized spacial score (nSPS) is 11.7. The molecular weight excluding hydrogens is 268 g/mol. The highest BCUT2D eigenvalue weighted by atomic mass is 16.5. The largest absolute Gasteiger partial charge is 0.490 e. The average molecular weight is 294 g/mol. The first-order valence-electron chi connectivity index (χ1n) is 7.26. The number of rotatable bonds is 8. The second-order valence-electron chi connectivity index (χ2n) is 6.40. The van der Waals surface area contributed by atoms with E-state index in [1.807, 2.05) is 19.1 Å². The fourth-order valence-electron chi connectivity index (χ4n) is 1.65. The molecule has 0 radical (unpaired) electrons. The Balaban J connectivity index is 2.74. The summed E-state index contributed by atoms with van der Waals surface area (Å²) in [5.74, 6) is 0.332. The molecule has 5 nitrogen and oxygen atoms in total. The first-order chi connectivity index (χ1) is 9.72. The van der Waals surface area contributed by atoms with Crippen LogP contribution < -0.4 is 10.1 Å². The number of nitrogens with zero attached hydrogens (tertiary/aromatic N) is 1. The Morgan fingerprint density at radius 3 is 2.67 bits per heavy atom. The Labute approximate surface area is 126 Å². The summed E-state index contributed by atoms with van der Waals surface area (Å²) in [6, 6.07) is 3.72. The molecule has 0 spiro atoms. The summed E-state index contributed by atoms with van der Waals surface area (Å²) >= 11 is 0. The highest BCUT2D eigenvalue weighted by molar-refractivity contribution is 5.73. The van der Waals surface area contributed by atoms with Gasteiger partial charge in [0.1, 0.15) is 12.4 Å². The minimum absolute atomic E-state index is 0.115. The van der Waals surface area contributed by atoms with Crippen LogP contribution in [-0.2, 0) is 11.3 Å². The lowest BCUT2D eigenvalue weighted by molar-refractivity contribution is -0.148. The number of aromatic nitrogens is 1. The molecule has 0 aliphatic carbocycles. The van der Waals surface area contributed by atoms with Crippen LogP contribution in [0.1, 0.15) is 39.1 Å². The number of carboxylic acids is 1. The van der Waals surface area contributed by atoms with Crippen molar-refractivity contribution in [3.63, 3.8) is 0 Å². The van der Waals surface area contributed by atoms with Crippen LogP contribution >= 0.6 is 0 Å². The number of ether oxygens (including phenoxy) is 1. The first-order valence-corrected chi connectivity index (χ1v) is 7.26. The smallest absolute Gasteiger partial charge is 0.312 e. The Morgan fingerprint density at radius 2 is 2.10 bits per heavy atom. The summed E-state index contributed by atoms with van der Waals surface area (Å²) in [7, 11) is 0. The van der Waals surface area contributed by atoms with Crippen molar-refractivity contribution in [2.24, 2.45) is 11.3 Å². The van der Waals surface area contributed by atoms with Crippen molar-refractivity contribution in [1.29, 1.82) is 0 Å². The second kappa shape index (κ2) is 7.41.